The Balaban J connectivity index is 3.46. The second-order valence-corrected chi connectivity index (χ2v) is 3.95. The van der Waals surface area contributed by atoms with Gasteiger partial charge in [-0.1, -0.05) is 22.6 Å². The summed E-state index contributed by atoms with van der Waals surface area (Å²) in [4.78, 5) is 10.7. The number of carbonyl (C=O) groups is 1. The van der Waals surface area contributed by atoms with Gasteiger partial charge in [0.25, 0.3) is 0 Å². The third-order valence-corrected chi connectivity index (χ3v) is 1.46. The van der Waals surface area contributed by atoms with Crippen LogP contribution in [0, 0.1) is 0 Å². The van der Waals surface area contributed by atoms with Crippen molar-refractivity contribution >= 4 is 28.6 Å². The number of ether oxygens (including phenoxy) is 1. The van der Waals surface area contributed by atoms with E-state index in [-0.39, 0.29) is 23.1 Å². The number of alkyl halides is 1. The third kappa shape index (κ3) is 5.40. The van der Waals surface area contributed by atoms with Gasteiger partial charge in [0.2, 0.25) is 0 Å². The summed E-state index contributed by atoms with van der Waals surface area (Å²) in [5, 5.41) is 17.1. The lowest BCUT2D eigenvalue weighted by Crippen LogP contribution is -2.24. The number of hydrogen-bond donors (Lipinski definition) is 2. The third-order valence-electron chi connectivity index (χ3n) is 0.954. The highest BCUT2D eigenvalue weighted by molar-refractivity contribution is 14.1. The Labute approximate surface area is 78.7 Å². The monoisotopic (exact) mass is 274 g/mol. The van der Waals surface area contributed by atoms with Gasteiger partial charge in [-0.05, 0) is 6.92 Å². The van der Waals surface area contributed by atoms with Crippen LogP contribution < -0.4 is 0 Å². The van der Waals surface area contributed by atoms with Crippen molar-refractivity contribution < 1.29 is 19.7 Å². The predicted octanol–water partition coefficient (Wildman–Crippen LogP) is -0.294. The largest absolute Gasteiger partial charge is 0.462 e. The van der Waals surface area contributed by atoms with Gasteiger partial charge in [0, 0.05) is 0 Å². The zero-order chi connectivity index (χ0) is 8.85. The molecule has 0 aromatic heterocycles. The van der Waals surface area contributed by atoms with Crippen molar-refractivity contribution in [2.24, 2.45) is 0 Å². The van der Waals surface area contributed by atoms with E-state index >= 15 is 0 Å². The number of halogens is 1. The molecular formula is C6H11IO4. The van der Waals surface area contributed by atoms with Crippen LogP contribution in [0.4, 0.5) is 0 Å². The molecule has 0 rings (SSSR count). The summed E-state index contributed by atoms with van der Waals surface area (Å²) in [6, 6.07) is 0. The highest BCUT2D eigenvalue weighted by atomic mass is 127. The first-order valence-corrected chi connectivity index (χ1v) is 4.42. The Hall–Kier alpha value is 0.120. The van der Waals surface area contributed by atoms with Crippen LogP contribution in [0.2, 0.25) is 0 Å². The molecule has 0 spiro atoms. The highest BCUT2D eigenvalue weighted by Gasteiger charge is 2.11. The normalized spacial score (nSPS) is 15.6. The zero-order valence-corrected chi connectivity index (χ0v) is 8.32. The second-order valence-electron chi connectivity index (χ2n) is 2.08. The summed E-state index contributed by atoms with van der Waals surface area (Å²) in [5.41, 5.74) is 0. The molecule has 2 atom stereocenters. The summed E-state index contributed by atoms with van der Waals surface area (Å²) in [5.74, 6) is -0.377. The Kier molecular flexibility index (Phi) is 5.79. The Bertz CT molecular complexity index is 126. The molecule has 0 aromatic rings. The summed E-state index contributed by atoms with van der Waals surface area (Å²) in [6.07, 6.45) is -0.964. The van der Waals surface area contributed by atoms with Gasteiger partial charge in [0.1, 0.15) is 16.6 Å². The summed E-state index contributed by atoms with van der Waals surface area (Å²) >= 11 is 1.91. The molecule has 5 heteroatoms. The molecule has 0 bridgehead atoms. The van der Waals surface area contributed by atoms with Crippen molar-refractivity contribution in [3.63, 3.8) is 0 Å². The Morgan fingerprint density at radius 2 is 2.27 bits per heavy atom. The molecule has 0 saturated heterocycles. The molecule has 2 N–H and O–H groups in total. The molecule has 0 heterocycles. The van der Waals surface area contributed by atoms with E-state index in [0.717, 1.165) is 0 Å². The maximum atomic E-state index is 10.7. The average molecular weight is 274 g/mol. The minimum Gasteiger partial charge on any atom is -0.462 e. The number of esters is 1. The maximum Gasteiger partial charge on any atom is 0.318 e. The number of hydrogen-bond acceptors (Lipinski definition) is 4. The molecular weight excluding hydrogens is 263 g/mol. The van der Waals surface area contributed by atoms with E-state index in [1.165, 1.54) is 0 Å². The van der Waals surface area contributed by atoms with Crippen molar-refractivity contribution in [2.75, 3.05) is 13.2 Å². The summed E-state index contributed by atoms with van der Waals surface area (Å²) < 4.78 is 4.38. The van der Waals surface area contributed by atoms with Gasteiger partial charge in [-0.3, -0.25) is 4.79 Å². The molecule has 0 aromatic carbocycles. The van der Waals surface area contributed by atoms with Crippen LogP contribution >= 0.6 is 22.6 Å². The number of carbonyl (C=O) groups excluding carboxylic acids is 1. The fraction of sp³-hybridized carbons (Fsp3) is 0.833. The fourth-order valence-electron chi connectivity index (χ4n) is 0.346. The molecule has 66 valence electrons. The highest BCUT2D eigenvalue weighted by Crippen LogP contribution is 2.01. The number of aliphatic hydroxyl groups is 2. The summed E-state index contributed by atoms with van der Waals surface area (Å²) in [7, 11) is 0. The maximum absolute atomic E-state index is 10.7. The second kappa shape index (κ2) is 5.73. The van der Waals surface area contributed by atoms with Crippen LogP contribution in [-0.4, -0.2) is 39.4 Å². The van der Waals surface area contributed by atoms with Gasteiger partial charge in [-0.25, -0.2) is 0 Å². The van der Waals surface area contributed by atoms with E-state index in [9.17, 15) is 4.79 Å². The van der Waals surface area contributed by atoms with Crippen molar-refractivity contribution in [2.45, 2.75) is 17.0 Å². The van der Waals surface area contributed by atoms with Crippen LogP contribution in [0.3, 0.4) is 0 Å². The Morgan fingerprint density at radius 3 is 2.64 bits per heavy atom. The lowest BCUT2D eigenvalue weighted by atomic mass is 10.4. The van der Waals surface area contributed by atoms with Crippen molar-refractivity contribution in [3.8, 4) is 0 Å². The molecule has 11 heavy (non-hydrogen) atoms. The standard InChI is InChI=1S/C6H11IO4/c1-4(7)6(10)11-3-5(9)2-8/h4-5,8-9H,2-3H2,1H3. The minimum atomic E-state index is -0.964. The smallest absolute Gasteiger partial charge is 0.318 e. The number of rotatable bonds is 4. The molecule has 0 saturated carbocycles. The van der Waals surface area contributed by atoms with Crippen LogP contribution in [0.15, 0.2) is 0 Å². The molecule has 0 amide bonds. The quantitative estimate of drug-likeness (QED) is 0.420. The number of aliphatic hydroxyl groups excluding tert-OH is 2. The molecule has 0 aliphatic rings. The van der Waals surface area contributed by atoms with Gasteiger partial charge in [0.05, 0.1) is 6.61 Å². The minimum absolute atomic E-state index is 0.136. The van der Waals surface area contributed by atoms with E-state index in [1.54, 1.807) is 6.92 Å². The first-order valence-electron chi connectivity index (χ1n) is 3.17. The van der Waals surface area contributed by atoms with E-state index in [1.807, 2.05) is 22.6 Å². The molecule has 0 fully saturated rings. The molecule has 0 radical (unpaired) electrons. The van der Waals surface area contributed by atoms with Crippen molar-refractivity contribution in [3.05, 3.63) is 0 Å². The van der Waals surface area contributed by atoms with Gasteiger partial charge in [0.15, 0.2) is 0 Å². The van der Waals surface area contributed by atoms with Gasteiger partial charge >= 0.3 is 5.97 Å². The van der Waals surface area contributed by atoms with Gasteiger partial charge < -0.3 is 14.9 Å². The predicted molar refractivity (Wildman–Crippen MR) is 47.5 cm³/mol. The van der Waals surface area contributed by atoms with Crippen LogP contribution in [0.1, 0.15) is 6.92 Å². The molecule has 0 aliphatic heterocycles. The molecule has 4 nitrogen and oxygen atoms in total. The van der Waals surface area contributed by atoms with Crippen LogP contribution in [0.5, 0.6) is 0 Å². The van der Waals surface area contributed by atoms with Crippen LogP contribution in [-0.2, 0) is 9.53 Å². The topological polar surface area (TPSA) is 66.8 Å². The average Bonchev–Trinajstić information content (AvgIpc) is 1.99. The fourth-order valence-corrected chi connectivity index (χ4v) is 0.526. The first-order chi connectivity index (χ1) is 5.07. The van der Waals surface area contributed by atoms with Crippen molar-refractivity contribution in [1.29, 1.82) is 0 Å². The van der Waals surface area contributed by atoms with Gasteiger partial charge in [-0.15, -0.1) is 0 Å². The zero-order valence-electron chi connectivity index (χ0n) is 6.16. The van der Waals surface area contributed by atoms with Crippen molar-refractivity contribution in [1.82, 2.24) is 0 Å². The van der Waals surface area contributed by atoms with Crippen LogP contribution in [0.25, 0.3) is 0 Å². The SMILES string of the molecule is CC(I)C(=O)OCC(O)CO. The molecule has 0 aliphatic carbocycles. The van der Waals surface area contributed by atoms with E-state index in [4.69, 9.17) is 10.2 Å². The lowest BCUT2D eigenvalue weighted by Gasteiger charge is -2.08. The Morgan fingerprint density at radius 1 is 1.73 bits per heavy atom. The van der Waals surface area contributed by atoms with E-state index in [0.29, 0.717) is 0 Å². The van der Waals surface area contributed by atoms with E-state index in [2.05, 4.69) is 4.74 Å². The van der Waals surface area contributed by atoms with E-state index < -0.39 is 6.10 Å². The molecule has 2 unspecified atom stereocenters. The lowest BCUT2D eigenvalue weighted by molar-refractivity contribution is -0.145. The first kappa shape index (κ1) is 11.1. The van der Waals surface area contributed by atoms with Gasteiger partial charge in [-0.2, -0.15) is 0 Å². The summed E-state index contributed by atoms with van der Waals surface area (Å²) in [6.45, 7) is 1.17.